The number of nitrogens with one attached hydrogen (secondary N) is 1. The molecule has 0 bridgehead atoms. The number of anilines is 2. The molecule has 0 radical (unpaired) electrons. The Balaban J connectivity index is 1.36. The molecule has 1 N–H and O–H groups in total. The van der Waals surface area contributed by atoms with Gasteiger partial charge < -0.3 is 15.1 Å². The normalized spacial score (nSPS) is 18.6. The smallest absolute Gasteiger partial charge is 0.225 e. The van der Waals surface area contributed by atoms with Gasteiger partial charge in [0.2, 0.25) is 5.95 Å². The van der Waals surface area contributed by atoms with Crippen molar-refractivity contribution in [3.8, 4) is 11.1 Å². The van der Waals surface area contributed by atoms with Crippen LogP contribution in [0.2, 0.25) is 0 Å². The first-order valence-electron chi connectivity index (χ1n) is 11.2. The molecular weight excluding hydrogens is 372 g/mol. The Morgan fingerprint density at radius 1 is 0.867 bits per heavy atom. The van der Waals surface area contributed by atoms with Crippen molar-refractivity contribution >= 4 is 22.5 Å². The average Bonchev–Trinajstić information content (AvgIpc) is 2.80. The summed E-state index contributed by atoms with van der Waals surface area (Å²) in [5.74, 6) is 0.824. The van der Waals surface area contributed by atoms with E-state index in [0.717, 1.165) is 48.8 Å². The van der Waals surface area contributed by atoms with E-state index >= 15 is 0 Å². The number of piperazine rings is 1. The third kappa shape index (κ3) is 4.10. The molecule has 6 heteroatoms. The number of pyridine rings is 1. The van der Waals surface area contributed by atoms with Gasteiger partial charge in [-0.15, -0.1) is 0 Å². The van der Waals surface area contributed by atoms with Crippen molar-refractivity contribution in [1.82, 2.24) is 19.9 Å². The molecule has 5 rings (SSSR count). The van der Waals surface area contributed by atoms with E-state index in [1.165, 1.54) is 43.2 Å². The fourth-order valence-corrected chi connectivity index (χ4v) is 4.56. The highest BCUT2D eigenvalue weighted by atomic mass is 15.3. The molecular formula is C24H30N6. The van der Waals surface area contributed by atoms with Crippen LogP contribution in [-0.2, 0) is 0 Å². The quantitative estimate of drug-likeness (QED) is 0.706. The van der Waals surface area contributed by atoms with Crippen LogP contribution in [0.5, 0.6) is 0 Å². The number of nitrogens with zero attached hydrogens (tertiary/aromatic N) is 5. The van der Waals surface area contributed by atoms with Gasteiger partial charge in [0.25, 0.3) is 0 Å². The largest absolute Gasteiger partial charge is 0.382 e. The maximum atomic E-state index is 4.64. The summed E-state index contributed by atoms with van der Waals surface area (Å²) in [6, 6.07) is 9.17. The van der Waals surface area contributed by atoms with Crippen LogP contribution in [0.4, 0.5) is 11.6 Å². The second-order valence-electron chi connectivity index (χ2n) is 8.63. The van der Waals surface area contributed by atoms with E-state index in [1.54, 1.807) is 0 Å². The summed E-state index contributed by atoms with van der Waals surface area (Å²) in [7, 11) is 2.16. The molecule has 1 saturated heterocycles. The maximum absolute atomic E-state index is 4.64. The van der Waals surface area contributed by atoms with Gasteiger partial charge >= 0.3 is 0 Å². The zero-order valence-electron chi connectivity index (χ0n) is 17.7. The van der Waals surface area contributed by atoms with Crippen molar-refractivity contribution in [2.75, 3.05) is 43.4 Å². The molecule has 6 nitrogen and oxygen atoms in total. The average molecular weight is 403 g/mol. The molecule has 2 fully saturated rings. The van der Waals surface area contributed by atoms with Gasteiger partial charge in [0, 0.05) is 67.4 Å². The molecule has 1 saturated carbocycles. The highest BCUT2D eigenvalue weighted by Gasteiger charge is 2.17. The number of likely N-dealkylation sites (N-methyl/N-ethyl adjacent to an activating group) is 1. The van der Waals surface area contributed by atoms with E-state index in [1.807, 2.05) is 18.6 Å². The van der Waals surface area contributed by atoms with Crippen molar-refractivity contribution < 1.29 is 0 Å². The lowest BCUT2D eigenvalue weighted by Gasteiger charge is -2.32. The summed E-state index contributed by atoms with van der Waals surface area (Å²) >= 11 is 0. The van der Waals surface area contributed by atoms with Crippen LogP contribution >= 0.6 is 0 Å². The lowest BCUT2D eigenvalue weighted by Crippen LogP contribution is -2.45. The Hall–Kier alpha value is -2.73. The van der Waals surface area contributed by atoms with E-state index in [2.05, 4.69) is 61.4 Å². The maximum Gasteiger partial charge on any atom is 0.225 e. The Bertz CT molecular complexity index is 988. The molecule has 1 aliphatic carbocycles. The van der Waals surface area contributed by atoms with E-state index < -0.39 is 0 Å². The van der Waals surface area contributed by atoms with Crippen LogP contribution in [-0.4, -0.2) is 59.1 Å². The summed E-state index contributed by atoms with van der Waals surface area (Å²) in [6.07, 6.45) is 12.3. The van der Waals surface area contributed by atoms with Gasteiger partial charge in [0.15, 0.2) is 0 Å². The number of rotatable bonds is 4. The third-order valence-corrected chi connectivity index (χ3v) is 6.47. The fraction of sp³-hybridized carbons (Fsp3) is 0.458. The summed E-state index contributed by atoms with van der Waals surface area (Å²) in [5.41, 5.74) is 4.34. The Kier molecular flexibility index (Phi) is 5.49. The van der Waals surface area contributed by atoms with Crippen LogP contribution in [0.15, 0.2) is 42.9 Å². The van der Waals surface area contributed by atoms with Gasteiger partial charge in [-0.3, -0.25) is 4.98 Å². The number of hydrogen-bond donors (Lipinski definition) is 1. The summed E-state index contributed by atoms with van der Waals surface area (Å²) in [6.45, 7) is 4.07. The molecule has 2 aliphatic rings. The Morgan fingerprint density at radius 3 is 2.40 bits per heavy atom. The van der Waals surface area contributed by atoms with Crippen LogP contribution in [0, 0.1) is 0 Å². The van der Waals surface area contributed by atoms with Gasteiger partial charge in [-0.25, -0.2) is 9.97 Å². The second kappa shape index (κ2) is 8.56. The summed E-state index contributed by atoms with van der Waals surface area (Å²) in [4.78, 5) is 18.5. The second-order valence-corrected chi connectivity index (χ2v) is 8.63. The molecule has 0 spiro atoms. The number of benzene rings is 1. The lowest BCUT2D eigenvalue weighted by atomic mass is 9.95. The molecule has 1 aromatic carbocycles. The van der Waals surface area contributed by atoms with Crippen molar-refractivity contribution in [1.29, 1.82) is 0 Å². The molecule has 156 valence electrons. The molecule has 0 amide bonds. The molecule has 2 aromatic heterocycles. The van der Waals surface area contributed by atoms with Crippen molar-refractivity contribution in [2.45, 2.75) is 38.1 Å². The van der Waals surface area contributed by atoms with E-state index in [-0.39, 0.29) is 0 Å². The van der Waals surface area contributed by atoms with Gasteiger partial charge in [-0.05, 0) is 37.6 Å². The molecule has 1 aliphatic heterocycles. The highest BCUT2D eigenvalue weighted by molar-refractivity contribution is 5.93. The van der Waals surface area contributed by atoms with E-state index in [0.29, 0.717) is 6.04 Å². The van der Waals surface area contributed by atoms with Crippen LogP contribution < -0.4 is 10.2 Å². The van der Waals surface area contributed by atoms with Crippen LogP contribution in [0.3, 0.4) is 0 Å². The van der Waals surface area contributed by atoms with E-state index in [9.17, 15) is 0 Å². The molecule has 3 aromatic rings. The standard InChI is InChI=1S/C24H30N6/c1-29-11-13-30(14-12-29)24-26-16-19(17-27-24)18-7-8-21-22(9-10-25-23(21)15-18)28-20-5-3-2-4-6-20/h7-10,15-17,20H,2-6,11-14H2,1H3,(H,25,28). The van der Waals surface area contributed by atoms with Crippen molar-refractivity contribution in [2.24, 2.45) is 0 Å². The minimum Gasteiger partial charge on any atom is -0.382 e. The summed E-state index contributed by atoms with van der Waals surface area (Å²) < 4.78 is 0. The Morgan fingerprint density at radius 2 is 1.63 bits per heavy atom. The van der Waals surface area contributed by atoms with Crippen molar-refractivity contribution in [3.05, 3.63) is 42.9 Å². The SMILES string of the molecule is CN1CCN(c2ncc(-c3ccc4c(NC5CCCCC5)ccnc4c3)cn2)CC1. The summed E-state index contributed by atoms with van der Waals surface area (Å²) in [5, 5.41) is 4.94. The predicted molar refractivity (Wildman–Crippen MR) is 123 cm³/mol. The van der Waals surface area contributed by atoms with Gasteiger partial charge in [0.05, 0.1) is 5.52 Å². The predicted octanol–water partition coefficient (Wildman–Crippen LogP) is 4.19. The zero-order valence-corrected chi connectivity index (χ0v) is 17.7. The van der Waals surface area contributed by atoms with Gasteiger partial charge in [-0.2, -0.15) is 0 Å². The van der Waals surface area contributed by atoms with Crippen LogP contribution in [0.1, 0.15) is 32.1 Å². The molecule has 30 heavy (non-hydrogen) atoms. The minimum absolute atomic E-state index is 0.583. The number of hydrogen-bond acceptors (Lipinski definition) is 6. The lowest BCUT2D eigenvalue weighted by molar-refractivity contribution is 0.311. The van der Waals surface area contributed by atoms with Crippen molar-refractivity contribution in [3.63, 3.8) is 0 Å². The topological polar surface area (TPSA) is 57.2 Å². The third-order valence-electron chi connectivity index (χ3n) is 6.47. The van der Waals surface area contributed by atoms with Crippen LogP contribution in [0.25, 0.3) is 22.0 Å². The number of aromatic nitrogens is 3. The first-order chi connectivity index (χ1) is 14.8. The first-order valence-corrected chi connectivity index (χ1v) is 11.2. The molecule has 3 heterocycles. The zero-order chi connectivity index (χ0) is 20.3. The molecule has 0 unspecified atom stereocenters. The fourth-order valence-electron chi connectivity index (χ4n) is 4.56. The first kappa shape index (κ1) is 19.2. The molecule has 0 atom stereocenters. The Labute approximate surface area is 178 Å². The van der Waals surface area contributed by atoms with Gasteiger partial charge in [-0.1, -0.05) is 31.4 Å². The highest BCUT2D eigenvalue weighted by Crippen LogP contribution is 2.29. The minimum atomic E-state index is 0.583. The van der Waals surface area contributed by atoms with Gasteiger partial charge in [0.1, 0.15) is 0 Å². The van der Waals surface area contributed by atoms with E-state index in [4.69, 9.17) is 0 Å². The monoisotopic (exact) mass is 402 g/mol. The number of fused-ring (bicyclic) bond motifs is 1.